The molecule has 0 spiro atoms. The highest BCUT2D eigenvalue weighted by atomic mass is 16.5. The van der Waals surface area contributed by atoms with Crippen molar-refractivity contribution >= 4 is 5.97 Å². The van der Waals surface area contributed by atoms with Crippen LogP contribution in [0.25, 0.3) is 0 Å². The molecule has 0 aliphatic rings. The van der Waals surface area contributed by atoms with E-state index in [0.29, 0.717) is 0 Å². The van der Waals surface area contributed by atoms with E-state index < -0.39 is 12.1 Å². The van der Waals surface area contributed by atoms with Crippen LogP contribution in [-0.2, 0) is 14.3 Å². The van der Waals surface area contributed by atoms with E-state index in [1.165, 1.54) is 7.11 Å². The van der Waals surface area contributed by atoms with Gasteiger partial charge in [-0.25, -0.2) is 4.79 Å². The van der Waals surface area contributed by atoms with Crippen molar-refractivity contribution in [3.8, 4) is 0 Å². The fourth-order valence-electron chi connectivity index (χ4n) is 1.72. The summed E-state index contributed by atoms with van der Waals surface area (Å²) in [6.45, 7) is 4.29. The molecular formula is C15H23NO4. The first-order valence-electron chi connectivity index (χ1n) is 6.70. The molecule has 5 heteroatoms. The Kier molecular flexibility index (Phi) is 7.22. The van der Waals surface area contributed by atoms with Crippen molar-refractivity contribution in [2.45, 2.75) is 32.1 Å². The summed E-state index contributed by atoms with van der Waals surface area (Å²) >= 11 is 0. The lowest BCUT2D eigenvalue weighted by molar-refractivity contribution is -0.143. The fourth-order valence-corrected chi connectivity index (χ4v) is 1.72. The first-order chi connectivity index (χ1) is 9.54. The number of hydrogen-bond acceptors (Lipinski definition) is 5. The molecule has 0 saturated carbocycles. The highest BCUT2D eigenvalue weighted by Crippen LogP contribution is 2.14. The van der Waals surface area contributed by atoms with Gasteiger partial charge in [-0.05, 0) is 19.4 Å². The van der Waals surface area contributed by atoms with Crippen molar-refractivity contribution in [1.82, 2.24) is 5.32 Å². The molecule has 0 heterocycles. The molecule has 5 nitrogen and oxygen atoms in total. The SMILES string of the molecule is COC(=O)C(NCC(O)COC(C)C)c1ccccc1. The lowest BCUT2D eigenvalue weighted by atomic mass is 10.1. The molecule has 112 valence electrons. The Bertz CT molecular complexity index is 394. The summed E-state index contributed by atoms with van der Waals surface area (Å²) in [4.78, 5) is 11.8. The van der Waals surface area contributed by atoms with Crippen LogP contribution in [0.15, 0.2) is 30.3 Å². The van der Waals surface area contributed by atoms with E-state index in [-0.39, 0.29) is 25.2 Å². The number of nitrogens with one attached hydrogen (secondary N) is 1. The third-order valence-corrected chi connectivity index (χ3v) is 2.75. The summed E-state index contributed by atoms with van der Waals surface area (Å²) in [5.74, 6) is -0.381. The molecule has 0 amide bonds. The zero-order valence-corrected chi connectivity index (χ0v) is 12.2. The van der Waals surface area contributed by atoms with Crippen molar-refractivity contribution in [1.29, 1.82) is 0 Å². The molecule has 1 aromatic rings. The van der Waals surface area contributed by atoms with Gasteiger partial charge in [0.25, 0.3) is 0 Å². The third-order valence-electron chi connectivity index (χ3n) is 2.75. The van der Waals surface area contributed by atoms with E-state index in [2.05, 4.69) is 5.32 Å². The number of esters is 1. The first kappa shape index (κ1) is 16.6. The van der Waals surface area contributed by atoms with E-state index in [0.717, 1.165) is 5.56 Å². The van der Waals surface area contributed by atoms with Crippen molar-refractivity contribution in [3.63, 3.8) is 0 Å². The number of aliphatic hydroxyl groups is 1. The van der Waals surface area contributed by atoms with Crippen LogP contribution in [0.1, 0.15) is 25.5 Å². The Balaban J connectivity index is 2.56. The van der Waals surface area contributed by atoms with Crippen LogP contribution >= 0.6 is 0 Å². The number of aliphatic hydroxyl groups excluding tert-OH is 1. The molecule has 0 bridgehead atoms. The minimum absolute atomic E-state index is 0.0650. The highest BCUT2D eigenvalue weighted by molar-refractivity contribution is 5.77. The molecule has 20 heavy (non-hydrogen) atoms. The van der Waals surface area contributed by atoms with Crippen LogP contribution in [0.3, 0.4) is 0 Å². The van der Waals surface area contributed by atoms with Crippen LogP contribution in [0.2, 0.25) is 0 Å². The Hall–Kier alpha value is -1.43. The second-order valence-corrected chi connectivity index (χ2v) is 4.81. The number of benzene rings is 1. The standard InChI is InChI=1S/C15H23NO4/c1-11(2)20-10-13(17)9-16-14(15(18)19-3)12-7-5-4-6-8-12/h4-8,11,13-14,16-17H,9-10H2,1-3H3. The second kappa shape index (κ2) is 8.68. The zero-order valence-electron chi connectivity index (χ0n) is 12.2. The summed E-state index contributed by atoms with van der Waals surface area (Å²) in [5.41, 5.74) is 0.802. The minimum atomic E-state index is -0.673. The smallest absolute Gasteiger partial charge is 0.327 e. The quantitative estimate of drug-likeness (QED) is 0.703. The average Bonchev–Trinajstić information content (AvgIpc) is 2.46. The number of carbonyl (C=O) groups is 1. The molecule has 0 aliphatic carbocycles. The van der Waals surface area contributed by atoms with Gasteiger partial charge >= 0.3 is 5.97 Å². The average molecular weight is 281 g/mol. The summed E-state index contributed by atoms with van der Waals surface area (Å²) in [7, 11) is 1.35. The van der Waals surface area contributed by atoms with Gasteiger partial charge in [0.1, 0.15) is 6.04 Å². The van der Waals surface area contributed by atoms with E-state index >= 15 is 0 Å². The number of carbonyl (C=O) groups excluding carboxylic acids is 1. The van der Waals surface area contributed by atoms with Crippen molar-refractivity contribution in [2.75, 3.05) is 20.3 Å². The van der Waals surface area contributed by atoms with Gasteiger partial charge in [-0.15, -0.1) is 0 Å². The topological polar surface area (TPSA) is 67.8 Å². The predicted molar refractivity (Wildman–Crippen MR) is 76.3 cm³/mol. The van der Waals surface area contributed by atoms with Crippen LogP contribution in [0, 0.1) is 0 Å². The molecule has 0 aromatic heterocycles. The highest BCUT2D eigenvalue weighted by Gasteiger charge is 2.21. The molecule has 1 aromatic carbocycles. The van der Waals surface area contributed by atoms with Crippen LogP contribution in [0.5, 0.6) is 0 Å². The first-order valence-corrected chi connectivity index (χ1v) is 6.70. The molecule has 2 unspecified atom stereocenters. The van der Waals surface area contributed by atoms with Crippen LogP contribution in [-0.4, -0.2) is 43.5 Å². The Morgan fingerprint density at radius 2 is 1.95 bits per heavy atom. The molecular weight excluding hydrogens is 258 g/mol. The third kappa shape index (κ3) is 5.69. The van der Waals surface area contributed by atoms with Gasteiger partial charge in [-0.1, -0.05) is 30.3 Å². The maximum absolute atomic E-state index is 11.8. The summed E-state index contributed by atoms with van der Waals surface area (Å²) in [6, 6.07) is 8.67. The van der Waals surface area contributed by atoms with Crippen molar-refractivity contribution in [3.05, 3.63) is 35.9 Å². The summed E-state index contributed by atoms with van der Waals surface area (Å²) in [5, 5.41) is 12.8. The Labute approximate surface area is 119 Å². The van der Waals surface area contributed by atoms with E-state index in [1.807, 2.05) is 44.2 Å². The summed E-state index contributed by atoms with van der Waals surface area (Å²) in [6.07, 6.45) is -0.608. The fraction of sp³-hybridized carbons (Fsp3) is 0.533. The van der Waals surface area contributed by atoms with Gasteiger partial charge in [0, 0.05) is 6.54 Å². The Morgan fingerprint density at radius 1 is 1.30 bits per heavy atom. The van der Waals surface area contributed by atoms with E-state index in [4.69, 9.17) is 9.47 Å². The molecule has 1 rings (SSSR count). The van der Waals surface area contributed by atoms with Crippen LogP contribution in [0.4, 0.5) is 0 Å². The minimum Gasteiger partial charge on any atom is -0.468 e. The summed E-state index contributed by atoms with van der Waals surface area (Å²) < 4.78 is 10.1. The van der Waals surface area contributed by atoms with Crippen molar-refractivity contribution < 1.29 is 19.4 Å². The predicted octanol–water partition coefficient (Wildman–Crippen LogP) is 1.28. The van der Waals surface area contributed by atoms with Crippen LogP contribution < -0.4 is 5.32 Å². The number of rotatable bonds is 8. The molecule has 2 atom stereocenters. The molecule has 0 radical (unpaired) electrons. The zero-order chi connectivity index (χ0) is 15.0. The normalized spacial score (nSPS) is 14.1. The Morgan fingerprint density at radius 3 is 2.50 bits per heavy atom. The number of hydrogen-bond donors (Lipinski definition) is 2. The van der Waals surface area contributed by atoms with Gasteiger partial charge < -0.3 is 14.6 Å². The largest absolute Gasteiger partial charge is 0.468 e. The van der Waals surface area contributed by atoms with Gasteiger partial charge in [0.2, 0.25) is 0 Å². The lowest BCUT2D eigenvalue weighted by Crippen LogP contribution is -2.37. The van der Waals surface area contributed by atoms with Crippen molar-refractivity contribution in [2.24, 2.45) is 0 Å². The molecule has 0 saturated heterocycles. The second-order valence-electron chi connectivity index (χ2n) is 4.81. The molecule has 0 fully saturated rings. The molecule has 2 N–H and O–H groups in total. The van der Waals surface area contributed by atoms with Gasteiger partial charge in [-0.3, -0.25) is 5.32 Å². The lowest BCUT2D eigenvalue weighted by Gasteiger charge is -2.20. The van der Waals surface area contributed by atoms with E-state index in [9.17, 15) is 9.90 Å². The molecule has 0 aliphatic heterocycles. The monoisotopic (exact) mass is 281 g/mol. The maximum Gasteiger partial charge on any atom is 0.327 e. The number of ether oxygens (including phenoxy) is 2. The maximum atomic E-state index is 11.8. The van der Waals surface area contributed by atoms with Gasteiger partial charge in [0.05, 0.1) is 25.9 Å². The van der Waals surface area contributed by atoms with Gasteiger partial charge in [0.15, 0.2) is 0 Å². The van der Waals surface area contributed by atoms with E-state index in [1.54, 1.807) is 0 Å². The van der Waals surface area contributed by atoms with Gasteiger partial charge in [-0.2, -0.15) is 0 Å². The number of methoxy groups -OCH3 is 1.